The fourth-order valence-corrected chi connectivity index (χ4v) is 6.71. The summed E-state index contributed by atoms with van der Waals surface area (Å²) in [4.78, 5) is 14.7. The van der Waals surface area contributed by atoms with Crippen LogP contribution in [0.5, 0.6) is 0 Å². The molecule has 3 aliphatic heterocycles. The van der Waals surface area contributed by atoms with Crippen LogP contribution in [0.4, 0.5) is 17.6 Å². The third kappa shape index (κ3) is 6.60. The van der Waals surface area contributed by atoms with E-state index in [0.29, 0.717) is 23.5 Å². The van der Waals surface area contributed by atoms with Crippen LogP contribution in [0.1, 0.15) is 49.3 Å². The minimum atomic E-state index is -0.0758. The van der Waals surface area contributed by atoms with E-state index in [1.807, 2.05) is 12.1 Å². The summed E-state index contributed by atoms with van der Waals surface area (Å²) in [6.07, 6.45) is 5.29. The maximum atomic E-state index is 6.19. The molecule has 7 nitrogen and oxygen atoms in total. The Kier molecular flexibility index (Phi) is 8.60. The Morgan fingerprint density at radius 2 is 1.76 bits per heavy atom. The van der Waals surface area contributed by atoms with Crippen LogP contribution in [0.3, 0.4) is 0 Å². The SMILES string of the molecule is CC1CCCN(c2cc(N3CCc4ccccc4C3)nc(NC(=S)NCC3(c4ccc(Cl)cc4)CCOCC3)n2)C1. The molecule has 1 atom stereocenters. The van der Waals surface area contributed by atoms with Gasteiger partial charge in [-0.2, -0.15) is 9.97 Å². The van der Waals surface area contributed by atoms with Gasteiger partial charge in [-0.1, -0.05) is 54.9 Å². The first-order valence-corrected chi connectivity index (χ1v) is 15.6. The Morgan fingerprint density at radius 3 is 2.51 bits per heavy atom. The van der Waals surface area contributed by atoms with Crippen LogP contribution in [0.25, 0.3) is 0 Å². The van der Waals surface area contributed by atoms with Crippen molar-refractivity contribution in [3.63, 3.8) is 0 Å². The molecule has 3 aliphatic rings. The van der Waals surface area contributed by atoms with Gasteiger partial charge in [-0.15, -0.1) is 0 Å². The summed E-state index contributed by atoms with van der Waals surface area (Å²) >= 11 is 12.0. The second-order valence-electron chi connectivity index (χ2n) is 11.7. The number of aromatic nitrogens is 2. The largest absolute Gasteiger partial charge is 0.381 e. The van der Waals surface area contributed by atoms with Crippen molar-refractivity contribution in [2.24, 2.45) is 5.92 Å². The van der Waals surface area contributed by atoms with E-state index >= 15 is 0 Å². The van der Waals surface area contributed by atoms with Gasteiger partial charge in [-0.05, 0) is 79.1 Å². The number of anilines is 3. The van der Waals surface area contributed by atoms with Crippen LogP contribution in [-0.2, 0) is 23.1 Å². The van der Waals surface area contributed by atoms with Crippen molar-refractivity contribution < 1.29 is 4.74 Å². The Bertz CT molecular complexity index is 1360. The highest BCUT2D eigenvalue weighted by molar-refractivity contribution is 7.80. The number of thiocarbonyl (C=S) groups is 1. The predicted octanol–water partition coefficient (Wildman–Crippen LogP) is 5.96. The van der Waals surface area contributed by atoms with Crippen molar-refractivity contribution in [3.8, 4) is 0 Å². The lowest BCUT2D eigenvalue weighted by Crippen LogP contribution is -2.45. The fraction of sp³-hybridized carbons (Fsp3) is 0.469. The van der Waals surface area contributed by atoms with Crippen LogP contribution in [0.15, 0.2) is 54.6 Å². The molecule has 2 saturated heterocycles. The van der Waals surface area contributed by atoms with E-state index in [1.165, 1.54) is 29.5 Å². The van der Waals surface area contributed by atoms with E-state index in [9.17, 15) is 0 Å². The summed E-state index contributed by atoms with van der Waals surface area (Å²) in [7, 11) is 0. The highest BCUT2D eigenvalue weighted by Crippen LogP contribution is 2.35. The molecule has 41 heavy (non-hydrogen) atoms. The topological polar surface area (TPSA) is 65.5 Å². The summed E-state index contributed by atoms with van der Waals surface area (Å²) in [6, 6.07) is 19.0. The van der Waals surface area contributed by atoms with E-state index in [4.69, 9.17) is 38.5 Å². The quantitative estimate of drug-likeness (QED) is 0.341. The molecule has 1 unspecified atom stereocenters. The Hall–Kier alpha value is -2.94. The first kappa shape index (κ1) is 28.2. The van der Waals surface area contributed by atoms with Gasteiger partial charge >= 0.3 is 0 Å². The lowest BCUT2D eigenvalue weighted by atomic mass is 9.74. The standard InChI is InChI=1S/C32H39ClN6OS/c1-23-5-4-15-38(20-23)28-19-29(39-16-12-24-6-2-3-7-25(24)21-39)36-30(35-28)37-31(41)34-22-32(13-17-40-18-14-32)26-8-10-27(33)11-9-26/h2-3,6-11,19,23H,4-5,12-18,20-22H2,1H3,(H2,34,35,36,37,41). The molecule has 0 radical (unpaired) electrons. The molecule has 3 aromatic rings. The van der Waals surface area contributed by atoms with Gasteiger partial charge in [0.25, 0.3) is 0 Å². The maximum absolute atomic E-state index is 6.19. The number of benzene rings is 2. The van der Waals surface area contributed by atoms with Gasteiger partial charge in [-0.25, -0.2) is 0 Å². The second kappa shape index (κ2) is 12.5. The zero-order valence-corrected chi connectivity index (χ0v) is 25.3. The average Bonchev–Trinajstić information content (AvgIpc) is 3.00. The number of halogens is 1. The first-order chi connectivity index (χ1) is 20.0. The van der Waals surface area contributed by atoms with Crippen molar-refractivity contribution in [1.29, 1.82) is 0 Å². The van der Waals surface area contributed by atoms with E-state index in [0.717, 1.165) is 75.3 Å². The number of piperidine rings is 1. The van der Waals surface area contributed by atoms with Crippen LogP contribution >= 0.6 is 23.8 Å². The zero-order valence-electron chi connectivity index (χ0n) is 23.7. The van der Waals surface area contributed by atoms with Crippen molar-refractivity contribution in [2.45, 2.75) is 51.0 Å². The summed E-state index contributed by atoms with van der Waals surface area (Å²) in [5.74, 6) is 3.09. The zero-order chi connectivity index (χ0) is 28.2. The monoisotopic (exact) mass is 590 g/mol. The second-order valence-corrected chi connectivity index (χ2v) is 12.6. The summed E-state index contributed by atoms with van der Waals surface area (Å²) in [5.41, 5.74) is 3.97. The molecular formula is C32H39ClN6OS. The molecule has 0 aliphatic carbocycles. The van der Waals surface area contributed by atoms with Crippen LogP contribution in [0, 0.1) is 5.92 Å². The van der Waals surface area contributed by atoms with Gasteiger partial charge < -0.3 is 25.2 Å². The molecule has 2 aromatic carbocycles. The highest BCUT2D eigenvalue weighted by atomic mass is 35.5. The van der Waals surface area contributed by atoms with Crippen molar-refractivity contribution in [2.75, 3.05) is 54.5 Å². The van der Waals surface area contributed by atoms with E-state index in [2.05, 4.69) is 69.8 Å². The van der Waals surface area contributed by atoms with E-state index < -0.39 is 0 Å². The normalized spacial score (nSPS) is 20.3. The number of ether oxygens (including phenoxy) is 1. The van der Waals surface area contributed by atoms with E-state index in [-0.39, 0.29) is 5.41 Å². The molecule has 9 heteroatoms. The Balaban J connectivity index is 1.21. The Morgan fingerprint density at radius 1 is 1.02 bits per heavy atom. The fourth-order valence-electron chi connectivity index (χ4n) is 6.42. The number of nitrogens with zero attached hydrogens (tertiary/aromatic N) is 4. The third-order valence-electron chi connectivity index (χ3n) is 8.85. The molecule has 6 rings (SSSR count). The molecule has 0 spiro atoms. The van der Waals surface area contributed by atoms with Gasteiger partial charge in [0.2, 0.25) is 5.95 Å². The number of rotatable bonds is 6. The molecule has 1 aromatic heterocycles. The Labute approximate surface area is 253 Å². The third-order valence-corrected chi connectivity index (χ3v) is 9.35. The van der Waals surface area contributed by atoms with Gasteiger partial charge in [0.15, 0.2) is 5.11 Å². The van der Waals surface area contributed by atoms with Crippen LogP contribution < -0.4 is 20.4 Å². The predicted molar refractivity (Wildman–Crippen MR) is 171 cm³/mol. The van der Waals surface area contributed by atoms with Gasteiger partial charge in [-0.3, -0.25) is 0 Å². The average molecular weight is 591 g/mol. The molecule has 0 saturated carbocycles. The van der Waals surface area contributed by atoms with Crippen molar-refractivity contribution in [1.82, 2.24) is 15.3 Å². The number of hydrogen-bond donors (Lipinski definition) is 2. The lowest BCUT2D eigenvalue weighted by molar-refractivity contribution is 0.0515. The molecular weight excluding hydrogens is 552 g/mol. The molecule has 2 fully saturated rings. The minimum Gasteiger partial charge on any atom is -0.381 e. The molecule has 2 N–H and O–H groups in total. The summed E-state index contributed by atoms with van der Waals surface area (Å²) < 4.78 is 5.71. The van der Waals surface area contributed by atoms with E-state index in [1.54, 1.807) is 0 Å². The molecule has 0 bridgehead atoms. The molecule has 216 valence electrons. The molecule has 4 heterocycles. The van der Waals surface area contributed by atoms with Crippen molar-refractivity contribution >= 4 is 46.5 Å². The van der Waals surface area contributed by atoms with Crippen LogP contribution in [-0.4, -0.2) is 54.5 Å². The van der Waals surface area contributed by atoms with Gasteiger partial charge in [0.05, 0.1) is 0 Å². The van der Waals surface area contributed by atoms with Crippen molar-refractivity contribution in [3.05, 3.63) is 76.3 Å². The number of fused-ring (bicyclic) bond motifs is 1. The first-order valence-electron chi connectivity index (χ1n) is 14.8. The minimum absolute atomic E-state index is 0.0758. The maximum Gasteiger partial charge on any atom is 0.232 e. The highest BCUT2D eigenvalue weighted by Gasteiger charge is 2.34. The summed E-state index contributed by atoms with van der Waals surface area (Å²) in [5, 5.41) is 8.11. The lowest BCUT2D eigenvalue weighted by Gasteiger charge is -2.38. The smallest absolute Gasteiger partial charge is 0.232 e. The number of hydrogen-bond acceptors (Lipinski definition) is 6. The molecule has 0 amide bonds. The summed E-state index contributed by atoms with van der Waals surface area (Å²) in [6.45, 7) is 8.27. The number of nitrogens with one attached hydrogen (secondary N) is 2. The van der Waals surface area contributed by atoms with Gasteiger partial charge in [0, 0.05) is 62.4 Å². The van der Waals surface area contributed by atoms with Crippen LogP contribution in [0.2, 0.25) is 5.02 Å². The van der Waals surface area contributed by atoms with Gasteiger partial charge in [0.1, 0.15) is 11.6 Å².